The molecule has 0 bridgehead atoms. The number of aryl methyl sites for hydroxylation is 1. The maximum atomic E-state index is 9.65. The molecule has 0 aliphatic rings. The van der Waals surface area contributed by atoms with Gasteiger partial charge < -0.3 is 9.47 Å². The molecule has 0 unspecified atom stereocenters. The summed E-state index contributed by atoms with van der Waals surface area (Å²) < 4.78 is 11.2. The molecule has 6 nitrogen and oxygen atoms in total. The van der Waals surface area contributed by atoms with E-state index < -0.39 is 0 Å². The highest BCUT2D eigenvalue weighted by Crippen LogP contribution is 2.31. The summed E-state index contributed by atoms with van der Waals surface area (Å²) in [5, 5.41) is 10.4. The van der Waals surface area contributed by atoms with Crippen LogP contribution in [-0.2, 0) is 6.42 Å². The number of aromatic nitrogens is 3. The number of allylic oxidation sites excluding steroid dienone is 1. The van der Waals surface area contributed by atoms with Crippen molar-refractivity contribution in [3.63, 3.8) is 0 Å². The molecular weight excluding hydrogens is 423 g/mol. The number of halogens is 2. The van der Waals surface area contributed by atoms with E-state index in [0.717, 1.165) is 18.4 Å². The number of ether oxygens (including phenoxy) is 2. The monoisotopic (exact) mass is 440 g/mol. The van der Waals surface area contributed by atoms with Gasteiger partial charge in [-0.2, -0.15) is 5.26 Å². The first kappa shape index (κ1) is 21.6. The smallest absolute Gasteiger partial charge is 0.256 e. The minimum atomic E-state index is 0.334. The fraction of sp³-hybridized carbons (Fsp3) is 0.182. The highest BCUT2D eigenvalue weighted by Gasteiger charge is 2.12. The summed E-state index contributed by atoms with van der Waals surface area (Å²) in [5.74, 6) is 0.798. The van der Waals surface area contributed by atoms with Gasteiger partial charge in [-0.3, -0.25) is 9.97 Å². The van der Waals surface area contributed by atoms with E-state index in [9.17, 15) is 5.26 Å². The number of hydrogen-bond donors (Lipinski definition) is 0. The first-order valence-electron chi connectivity index (χ1n) is 9.09. The third-order valence-corrected chi connectivity index (χ3v) is 4.81. The second-order valence-corrected chi connectivity index (χ2v) is 7.05. The third kappa shape index (κ3) is 5.47. The summed E-state index contributed by atoms with van der Waals surface area (Å²) in [5.41, 5.74) is 2.55. The fourth-order valence-electron chi connectivity index (χ4n) is 2.72. The van der Waals surface area contributed by atoms with Crippen LogP contribution in [0.1, 0.15) is 23.1 Å². The molecule has 0 aliphatic carbocycles. The zero-order chi connectivity index (χ0) is 21.3. The quantitative estimate of drug-likeness (QED) is 0.350. The zero-order valence-electron chi connectivity index (χ0n) is 16.2. The van der Waals surface area contributed by atoms with E-state index in [4.69, 9.17) is 32.7 Å². The fourth-order valence-corrected chi connectivity index (χ4v) is 3.20. The molecule has 0 saturated heterocycles. The van der Waals surface area contributed by atoms with Crippen molar-refractivity contribution in [2.24, 2.45) is 0 Å². The molecule has 0 saturated carbocycles. The van der Waals surface area contributed by atoms with Gasteiger partial charge in [0.1, 0.15) is 0 Å². The standard InChI is InChI=1S/C22H18Cl2N4O2/c1-29-22-21(30-7-3-5-15-4-2-6-26-11-15)9-17(12-28-22)16(10-25)8-18-19(23)13-27-14-20(18)24/h2,4,6,8-9,11-14H,3,5,7H2,1H3/b16-8+. The first-order chi connectivity index (χ1) is 14.6. The Morgan fingerprint density at radius 2 is 1.97 bits per heavy atom. The number of nitriles is 1. The Balaban J connectivity index is 1.79. The van der Waals surface area contributed by atoms with Crippen LogP contribution in [0.3, 0.4) is 0 Å². The lowest BCUT2D eigenvalue weighted by Gasteiger charge is -2.11. The van der Waals surface area contributed by atoms with Crippen LogP contribution in [0, 0.1) is 11.3 Å². The molecule has 0 aromatic carbocycles. The lowest BCUT2D eigenvalue weighted by Crippen LogP contribution is -2.03. The van der Waals surface area contributed by atoms with Crippen molar-refractivity contribution in [2.75, 3.05) is 13.7 Å². The van der Waals surface area contributed by atoms with Crippen LogP contribution in [0.5, 0.6) is 11.6 Å². The zero-order valence-corrected chi connectivity index (χ0v) is 17.7. The Kier molecular flexibility index (Phi) is 7.61. The predicted octanol–water partition coefficient (Wildman–Crippen LogP) is 5.26. The van der Waals surface area contributed by atoms with Crippen LogP contribution in [0.2, 0.25) is 10.0 Å². The maximum Gasteiger partial charge on any atom is 0.256 e. The van der Waals surface area contributed by atoms with Crippen LogP contribution in [0.25, 0.3) is 11.6 Å². The number of methoxy groups -OCH3 is 1. The summed E-state index contributed by atoms with van der Waals surface area (Å²) >= 11 is 12.3. The van der Waals surface area contributed by atoms with Gasteiger partial charge in [0.15, 0.2) is 5.75 Å². The van der Waals surface area contributed by atoms with E-state index in [2.05, 4.69) is 21.0 Å². The summed E-state index contributed by atoms with van der Waals surface area (Å²) in [7, 11) is 1.52. The topological polar surface area (TPSA) is 80.9 Å². The van der Waals surface area contributed by atoms with E-state index in [1.165, 1.54) is 19.5 Å². The van der Waals surface area contributed by atoms with E-state index in [-0.39, 0.29) is 0 Å². The minimum absolute atomic E-state index is 0.334. The van der Waals surface area contributed by atoms with Crippen molar-refractivity contribution >= 4 is 34.9 Å². The molecule has 0 fully saturated rings. The van der Waals surface area contributed by atoms with Gasteiger partial charge in [0.05, 0.1) is 35.4 Å². The molecule has 3 rings (SSSR count). The van der Waals surface area contributed by atoms with E-state index in [0.29, 0.717) is 45.0 Å². The van der Waals surface area contributed by atoms with Crippen LogP contribution in [0.15, 0.2) is 49.2 Å². The number of pyridine rings is 3. The number of rotatable bonds is 8. The van der Waals surface area contributed by atoms with Gasteiger partial charge in [-0.15, -0.1) is 0 Å². The highest BCUT2D eigenvalue weighted by atomic mass is 35.5. The number of nitrogens with zero attached hydrogens (tertiary/aromatic N) is 4. The highest BCUT2D eigenvalue weighted by molar-refractivity contribution is 6.37. The third-order valence-electron chi connectivity index (χ3n) is 4.21. The molecule has 0 amide bonds. The summed E-state index contributed by atoms with van der Waals surface area (Å²) in [6, 6.07) is 7.80. The van der Waals surface area contributed by atoms with Crippen molar-refractivity contribution in [2.45, 2.75) is 12.8 Å². The summed E-state index contributed by atoms with van der Waals surface area (Å²) in [6.07, 6.45) is 11.3. The molecule has 8 heteroatoms. The summed E-state index contributed by atoms with van der Waals surface area (Å²) in [6.45, 7) is 0.462. The lowest BCUT2D eigenvalue weighted by molar-refractivity contribution is 0.284. The maximum absolute atomic E-state index is 9.65. The van der Waals surface area contributed by atoms with Gasteiger partial charge >= 0.3 is 0 Å². The van der Waals surface area contributed by atoms with Gasteiger partial charge in [-0.05, 0) is 36.6 Å². The van der Waals surface area contributed by atoms with Crippen molar-refractivity contribution in [1.82, 2.24) is 15.0 Å². The van der Waals surface area contributed by atoms with E-state index >= 15 is 0 Å². The van der Waals surface area contributed by atoms with Crippen molar-refractivity contribution < 1.29 is 9.47 Å². The van der Waals surface area contributed by atoms with Crippen LogP contribution in [0.4, 0.5) is 0 Å². The lowest BCUT2D eigenvalue weighted by atomic mass is 10.1. The van der Waals surface area contributed by atoms with Crippen molar-refractivity contribution in [1.29, 1.82) is 5.26 Å². The first-order valence-corrected chi connectivity index (χ1v) is 9.85. The molecule has 3 heterocycles. The second-order valence-electron chi connectivity index (χ2n) is 6.23. The van der Waals surface area contributed by atoms with Gasteiger partial charge in [0.25, 0.3) is 5.88 Å². The second kappa shape index (κ2) is 10.6. The van der Waals surface area contributed by atoms with Crippen molar-refractivity contribution in [3.05, 3.63) is 75.9 Å². The Labute approximate surface area is 184 Å². The molecule has 152 valence electrons. The largest absolute Gasteiger partial charge is 0.488 e. The van der Waals surface area contributed by atoms with Gasteiger partial charge in [0.2, 0.25) is 0 Å². The van der Waals surface area contributed by atoms with E-state index in [1.54, 1.807) is 24.5 Å². The molecule has 0 spiro atoms. The van der Waals surface area contributed by atoms with Crippen LogP contribution in [-0.4, -0.2) is 28.7 Å². The molecule has 0 radical (unpaired) electrons. The van der Waals surface area contributed by atoms with Crippen molar-refractivity contribution in [3.8, 4) is 17.7 Å². The van der Waals surface area contributed by atoms with Gasteiger partial charge in [-0.1, -0.05) is 29.3 Å². The molecule has 0 N–H and O–H groups in total. The molecule has 3 aromatic rings. The Morgan fingerprint density at radius 1 is 1.17 bits per heavy atom. The molecule has 30 heavy (non-hydrogen) atoms. The molecular formula is C22H18Cl2N4O2. The van der Waals surface area contributed by atoms with Gasteiger partial charge in [-0.25, -0.2) is 4.98 Å². The summed E-state index contributed by atoms with van der Waals surface area (Å²) in [4.78, 5) is 12.3. The Bertz CT molecular complexity index is 1060. The van der Waals surface area contributed by atoms with E-state index in [1.807, 2.05) is 18.3 Å². The molecule has 0 aliphatic heterocycles. The molecule has 0 atom stereocenters. The van der Waals surface area contributed by atoms with Gasteiger partial charge in [0, 0.05) is 42.1 Å². The normalized spacial score (nSPS) is 11.1. The van der Waals surface area contributed by atoms with Crippen LogP contribution >= 0.6 is 23.2 Å². The average molecular weight is 441 g/mol. The predicted molar refractivity (Wildman–Crippen MR) is 117 cm³/mol. The number of hydrogen-bond acceptors (Lipinski definition) is 6. The minimum Gasteiger partial charge on any atom is -0.488 e. The average Bonchev–Trinajstić information content (AvgIpc) is 2.77. The Morgan fingerprint density at radius 3 is 2.63 bits per heavy atom. The SMILES string of the molecule is COc1ncc(/C(C#N)=C/c2c(Cl)cncc2Cl)cc1OCCCc1cccnc1. The molecule has 3 aromatic heterocycles. The Hall–Kier alpha value is -3.14. The van der Waals surface area contributed by atoms with Crippen LogP contribution < -0.4 is 9.47 Å².